The molecule has 0 aromatic heterocycles. The summed E-state index contributed by atoms with van der Waals surface area (Å²) in [5.74, 6) is -0.779. The highest BCUT2D eigenvalue weighted by atomic mass is 31.2. The second kappa shape index (κ2) is 7.31. The summed E-state index contributed by atoms with van der Waals surface area (Å²) in [6.45, 7) is 1.70. The van der Waals surface area contributed by atoms with E-state index in [-0.39, 0.29) is 17.9 Å². The molecule has 0 aliphatic carbocycles. The summed E-state index contributed by atoms with van der Waals surface area (Å²) in [7, 11) is -1.47. The van der Waals surface area contributed by atoms with Crippen LogP contribution >= 0.6 is 7.60 Å². The Morgan fingerprint density at radius 3 is 2.19 bits per heavy atom. The third-order valence-electron chi connectivity index (χ3n) is 2.75. The van der Waals surface area contributed by atoms with Crippen molar-refractivity contribution in [2.45, 2.75) is 12.6 Å². The molecule has 9 heteroatoms. The molecule has 0 bridgehead atoms. The van der Waals surface area contributed by atoms with Gasteiger partial charge in [0.15, 0.2) is 5.66 Å². The fourth-order valence-corrected chi connectivity index (χ4v) is 3.17. The van der Waals surface area contributed by atoms with Crippen molar-refractivity contribution in [2.24, 2.45) is 0 Å². The second-order valence-corrected chi connectivity index (χ2v) is 6.23. The number of nitrogens with zero attached hydrogens (tertiary/aromatic N) is 1. The molecule has 0 radical (unpaired) electrons. The van der Waals surface area contributed by atoms with Crippen LogP contribution in [0.15, 0.2) is 24.3 Å². The molecule has 0 N–H and O–H groups in total. The van der Waals surface area contributed by atoms with Crippen LogP contribution in [0.2, 0.25) is 0 Å². The lowest BCUT2D eigenvalue weighted by Gasteiger charge is -2.22. The van der Waals surface area contributed by atoms with Gasteiger partial charge < -0.3 is 13.8 Å². The number of hydrogen-bond donors (Lipinski definition) is 0. The summed E-state index contributed by atoms with van der Waals surface area (Å²) in [4.78, 5) is 22.1. The van der Waals surface area contributed by atoms with Crippen LogP contribution in [0.5, 0.6) is 0 Å². The van der Waals surface area contributed by atoms with E-state index in [0.717, 1.165) is 14.2 Å². The zero-order chi connectivity index (χ0) is 16.0. The number of nitro groups is 1. The maximum absolute atomic E-state index is 12.5. The van der Waals surface area contributed by atoms with Crippen LogP contribution in [0.3, 0.4) is 0 Å². The zero-order valence-electron chi connectivity index (χ0n) is 11.8. The van der Waals surface area contributed by atoms with E-state index < -0.39 is 24.1 Å². The predicted molar refractivity (Wildman–Crippen MR) is 74.1 cm³/mol. The summed E-state index contributed by atoms with van der Waals surface area (Å²) in [6.07, 6.45) is 0. The van der Waals surface area contributed by atoms with Crippen LogP contribution in [-0.4, -0.2) is 31.7 Å². The Balaban J connectivity index is 3.26. The van der Waals surface area contributed by atoms with E-state index in [9.17, 15) is 19.5 Å². The maximum atomic E-state index is 12.5. The minimum Gasteiger partial charge on any atom is -0.465 e. The van der Waals surface area contributed by atoms with Crippen molar-refractivity contribution < 1.29 is 28.1 Å². The molecule has 0 saturated carbocycles. The normalized spacial score (nSPS) is 12.7. The van der Waals surface area contributed by atoms with Gasteiger partial charge in [-0.3, -0.25) is 19.5 Å². The Bertz CT molecular complexity index is 549. The molecule has 0 saturated heterocycles. The molecule has 0 fully saturated rings. The molecule has 0 aliphatic rings. The lowest BCUT2D eigenvalue weighted by atomic mass is 10.1. The first kappa shape index (κ1) is 17.3. The van der Waals surface area contributed by atoms with E-state index in [4.69, 9.17) is 13.8 Å². The fourth-order valence-electron chi connectivity index (χ4n) is 1.73. The molecule has 1 atom stereocenters. The van der Waals surface area contributed by atoms with Gasteiger partial charge in [-0.1, -0.05) is 12.1 Å². The number of benzene rings is 1. The molecule has 1 aromatic rings. The van der Waals surface area contributed by atoms with Crippen LogP contribution in [0.25, 0.3) is 0 Å². The molecule has 0 heterocycles. The number of nitro benzene ring substituents is 1. The van der Waals surface area contributed by atoms with Gasteiger partial charge in [-0.2, -0.15) is 0 Å². The Morgan fingerprint density at radius 1 is 1.29 bits per heavy atom. The van der Waals surface area contributed by atoms with E-state index >= 15 is 0 Å². The van der Waals surface area contributed by atoms with E-state index in [1.807, 2.05) is 0 Å². The third kappa shape index (κ3) is 3.87. The SMILES string of the molecule is CCOC(=O)[C@@H](c1ccc([N+](=O)[O-])cc1)P(=O)(OC)OC. The van der Waals surface area contributed by atoms with E-state index in [0.29, 0.717) is 0 Å². The standard InChI is InChI=1S/C12H16NO7P/c1-4-20-12(14)11(21(17,18-2)19-3)9-5-7-10(8-6-9)13(15)16/h5-8,11H,4H2,1-3H3/t11-/m1/s1. The first-order valence-electron chi connectivity index (χ1n) is 6.01. The van der Waals surface area contributed by atoms with E-state index in [1.165, 1.54) is 24.3 Å². The Labute approximate surface area is 121 Å². The summed E-state index contributed by atoms with van der Waals surface area (Å²) < 4.78 is 27.1. The highest BCUT2D eigenvalue weighted by molar-refractivity contribution is 7.55. The highest BCUT2D eigenvalue weighted by Gasteiger charge is 2.42. The third-order valence-corrected chi connectivity index (χ3v) is 4.91. The van der Waals surface area contributed by atoms with Crippen molar-refractivity contribution >= 4 is 19.3 Å². The van der Waals surface area contributed by atoms with Gasteiger partial charge in [0.1, 0.15) is 0 Å². The van der Waals surface area contributed by atoms with Crippen molar-refractivity contribution in [2.75, 3.05) is 20.8 Å². The van der Waals surface area contributed by atoms with Crippen molar-refractivity contribution in [3.63, 3.8) is 0 Å². The van der Waals surface area contributed by atoms with Gasteiger partial charge in [-0.15, -0.1) is 0 Å². The average Bonchev–Trinajstić information content (AvgIpc) is 2.48. The van der Waals surface area contributed by atoms with Crippen LogP contribution < -0.4 is 0 Å². The smallest absolute Gasteiger partial charge is 0.348 e. The largest absolute Gasteiger partial charge is 0.465 e. The van der Waals surface area contributed by atoms with Crippen molar-refractivity contribution in [1.29, 1.82) is 0 Å². The van der Waals surface area contributed by atoms with Gasteiger partial charge in [-0.05, 0) is 12.5 Å². The number of carbonyl (C=O) groups excluding carboxylic acids is 1. The molecule has 0 unspecified atom stereocenters. The number of esters is 1. The second-order valence-electron chi connectivity index (χ2n) is 3.91. The molecular formula is C12H16NO7P. The Morgan fingerprint density at radius 2 is 1.81 bits per heavy atom. The predicted octanol–water partition coefficient (Wildman–Crippen LogP) is 2.68. The zero-order valence-corrected chi connectivity index (χ0v) is 12.7. The highest BCUT2D eigenvalue weighted by Crippen LogP contribution is 2.60. The van der Waals surface area contributed by atoms with Crippen molar-refractivity contribution in [3.8, 4) is 0 Å². The van der Waals surface area contributed by atoms with E-state index in [1.54, 1.807) is 6.92 Å². The molecule has 0 aliphatic heterocycles. The first-order valence-corrected chi connectivity index (χ1v) is 7.63. The number of non-ortho nitro benzene ring substituents is 1. The topological polar surface area (TPSA) is 105 Å². The van der Waals surface area contributed by atoms with Crippen molar-refractivity contribution in [1.82, 2.24) is 0 Å². The summed E-state index contributed by atoms with van der Waals surface area (Å²) in [5, 5.41) is 10.6. The van der Waals surface area contributed by atoms with Gasteiger partial charge in [-0.25, -0.2) is 0 Å². The molecule has 116 valence electrons. The Kier molecular flexibility index (Phi) is 6.02. The summed E-state index contributed by atoms with van der Waals surface area (Å²) >= 11 is 0. The molecule has 1 rings (SSSR count). The number of hydrogen-bond acceptors (Lipinski definition) is 7. The maximum Gasteiger partial charge on any atom is 0.348 e. The minimum atomic E-state index is -3.78. The van der Waals surface area contributed by atoms with Gasteiger partial charge >= 0.3 is 13.6 Å². The lowest BCUT2D eigenvalue weighted by molar-refractivity contribution is -0.384. The number of rotatable bonds is 7. The Hall–Kier alpha value is -1.76. The van der Waals surface area contributed by atoms with Crippen LogP contribution in [0, 0.1) is 10.1 Å². The van der Waals surface area contributed by atoms with Crippen LogP contribution in [0.4, 0.5) is 5.69 Å². The molecule has 1 aromatic carbocycles. The van der Waals surface area contributed by atoms with Crippen LogP contribution in [0.1, 0.15) is 18.1 Å². The minimum absolute atomic E-state index is 0.0930. The molecule has 0 spiro atoms. The number of carbonyl (C=O) groups is 1. The molecule has 21 heavy (non-hydrogen) atoms. The number of ether oxygens (including phenoxy) is 1. The first-order chi connectivity index (χ1) is 9.89. The molecular weight excluding hydrogens is 301 g/mol. The molecule has 0 amide bonds. The monoisotopic (exact) mass is 317 g/mol. The summed E-state index contributed by atoms with van der Waals surface area (Å²) in [5.41, 5.74) is -1.19. The quantitative estimate of drug-likeness (QED) is 0.329. The van der Waals surface area contributed by atoms with Crippen LogP contribution in [-0.2, 0) is 23.1 Å². The van der Waals surface area contributed by atoms with Gasteiger partial charge in [0, 0.05) is 26.4 Å². The van der Waals surface area contributed by atoms with Gasteiger partial charge in [0.2, 0.25) is 0 Å². The van der Waals surface area contributed by atoms with Crippen molar-refractivity contribution in [3.05, 3.63) is 39.9 Å². The van der Waals surface area contributed by atoms with Gasteiger partial charge in [0.05, 0.1) is 11.5 Å². The fraction of sp³-hybridized carbons (Fsp3) is 0.417. The lowest BCUT2D eigenvalue weighted by Crippen LogP contribution is -2.18. The molecule has 8 nitrogen and oxygen atoms in total. The van der Waals surface area contributed by atoms with E-state index in [2.05, 4.69) is 0 Å². The van der Waals surface area contributed by atoms with Gasteiger partial charge in [0.25, 0.3) is 5.69 Å². The average molecular weight is 317 g/mol. The summed E-state index contributed by atoms with van der Waals surface area (Å²) in [6, 6.07) is 5.06.